The number of amides is 1. The molecule has 3 rings (SSSR count). The van der Waals surface area contributed by atoms with Gasteiger partial charge in [-0.05, 0) is 42.7 Å². The minimum absolute atomic E-state index is 0.0699. The Morgan fingerprint density at radius 1 is 1.21 bits per heavy atom. The fourth-order valence-corrected chi connectivity index (χ4v) is 4.91. The predicted octanol–water partition coefficient (Wildman–Crippen LogP) is 3.01. The molecule has 0 unspecified atom stereocenters. The summed E-state index contributed by atoms with van der Waals surface area (Å²) in [7, 11) is -3.40. The van der Waals surface area contributed by atoms with Crippen molar-refractivity contribution in [3.63, 3.8) is 0 Å². The lowest BCUT2D eigenvalue weighted by molar-refractivity contribution is -0.120. The topological polar surface area (TPSA) is 88.6 Å². The smallest absolute Gasteiger partial charge is 0.243 e. The Morgan fingerprint density at radius 2 is 1.93 bits per heavy atom. The van der Waals surface area contributed by atoms with Crippen molar-refractivity contribution in [1.82, 2.24) is 9.29 Å². The summed E-state index contributed by atoms with van der Waals surface area (Å²) in [6.07, 6.45) is 1.95. The monoisotopic (exact) mass is 407 g/mol. The number of rotatable bonds is 6. The maximum Gasteiger partial charge on any atom is 0.243 e. The van der Waals surface area contributed by atoms with Gasteiger partial charge in [0.1, 0.15) is 17.6 Å². The third kappa shape index (κ3) is 4.66. The number of aromatic nitrogens is 1. The Labute approximate surface area is 163 Å². The number of benzene rings is 1. The minimum Gasteiger partial charge on any atom is -0.439 e. The maximum atomic E-state index is 12.9. The molecule has 0 saturated carbocycles. The number of ether oxygens (including phenoxy) is 1. The fraction of sp³-hybridized carbons (Fsp3) is 0.368. The molecule has 1 N–H and O–H groups in total. The second-order valence-electron chi connectivity index (χ2n) is 6.90. The van der Waals surface area contributed by atoms with Gasteiger partial charge in [-0.25, -0.2) is 17.8 Å². The molecule has 1 amide bonds. The fourth-order valence-electron chi connectivity index (χ4n) is 3.09. The summed E-state index contributed by atoms with van der Waals surface area (Å²) in [5.41, 5.74) is 0.429. The molecule has 0 aliphatic carbocycles. The largest absolute Gasteiger partial charge is 0.439 e. The second kappa shape index (κ2) is 8.24. The maximum absolute atomic E-state index is 12.9. The molecule has 7 nitrogen and oxygen atoms in total. The number of pyridine rings is 1. The number of halogens is 1. The summed E-state index contributed by atoms with van der Waals surface area (Å²) in [6, 6.07) is 7.93. The van der Waals surface area contributed by atoms with Gasteiger partial charge in [-0.1, -0.05) is 13.8 Å². The van der Waals surface area contributed by atoms with Crippen LogP contribution in [0.3, 0.4) is 0 Å². The molecular formula is C19H22FN3O4S. The van der Waals surface area contributed by atoms with Crippen LogP contribution in [0.25, 0.3) is 0 Å². The third-order valence-corrected chi connectivity index (χ3v) is 6.32. The highest BCUT2D eigenvalue weighted by Crippen LogP contribution is 2.24. The van der Waals surface area contributed by atoms with E-state index in [0.717, 1.165) is 0 Å². The first-order chi connectivity index (χ1) is 13.3. The predicted molar refractivity (Wildman–Crippen MR) is 103 cm³/mol. The van der Waals surface area contributed by atoms with Crippen LogP contribution >= 0.6 is 0 Å². The van der Waals surface area contributed by atoms with Crippen LogP contribution in [0.5, 0.6) is 11.6 Å². The molecule has 0 bridgehead atoms. The third-order valence-electron chi connectivity index (χ3n) is 4.39. The SMILES string of the molecule is CC(C)[C@H](C(=O)Nc1ccc(Oc2ccc(F)cc2)nc1)N1CCCS1(=O)=O. The molecule has 150 valence electrons. The van der Waals surface area contributed by atoms with Crippen LogP contribution in [0.1, 0.15) is 20.3 Å². The summed E-state index contributed by atoms with van der Waals surface area (Å²) in [5.74, 6) is -0.146. The molecule has 1 aromatic carbocycles. The highest BCUT2D eigenvalue weighted by atomic mass is 32.2. The van der Waals surface area contributed by atoms with Gasteiger partial charge in [0, 0.05) is 12.6 Å². The number of hydrogen-bond acceptors (Lipinski definition) is 5. The minimum atomic E-state index is -3.40. The summed E-state index contributed by atoms with van der Waals surface area (Å²) in [6.45, 7) is 3.98. The molecule has 1 aliphatic rings. The standard InChI is InChI=1S/C19H22FN3O4S/c1-13(2)18(23-10-3-11-28(23,25)26)19(24)22-15-6-9-17(21-12-15)27-16-7-4-14(20)5-8-16/h4-9,12-13,18H,3,10-11H2,1-2H3,(H,22,24)/t18-/m1/s1. The van der Waals surface area contributed by atoms with Gasteiger partial charge in [-0.2, -0.15) is 4.31 Å². The Kier molecular flexibility index (Phi) is 5.95. The van der Waals surface area contributed by atoms with E-state index in [2.05, 4.69) is 10.3 Å². The van der Waals surface area contributed by atoms with Gasteiger partial charge < -0.3 is 10.1 Å². The summed E-state index contributed by atoms with van der Waals surface area (Å²) >= 11 is 0. The number of anilines is 1. The molecule has 0 radical (unpaired) electrons. The number of hydrogen-bond donors (Lipinski definition) is 1. The highest BCUT2D eigenvalue weighted by molar-refractivity contribution is 7.89. The zero-order valence-corrected chi connectivity index (χ0v) is 16.4. The molecule has 1 saturated heterocycles. The zero-order valence-electron chi connectivity index (χ0n) is 15.6. The first kappa shape index (κ1) is 20.2. The Hall–Kier alpha value is -2.52. The number of sulfonamides is 1. The van der Waals surface area contributed by atoms with Crippen molar-refractivity contribution < 1.29 is 22.3 Å². The molecule has 2 aromatic rings. The van der Waals surface area contributed by atoms with E-state index in [1.807, 2.05) is 13.8 Å². The van der Waals surface area contributed by atoms with Crippen molar-refractivity contribution in [3.05, 3.63) is 48.4 Å². The van der Waals surface area contributed by atoms with Gasteiger partial charge in [0.25, 0.3) is 0 Å². The lowest BCUT2D eigenvalue weighted by Crippen LogP contribution is -2.48. The Balaban J connectivity index is 1.68. The van der Waals surface area contributed by atoms with E-state index < -0.39 is 22.0 Å². The van der Waals surface area contributed by atoms with Crippen LogP contribution in [0, 0.1) is 11.7 Å². The van der Waals surface area contributed by atoms with Crippen molar-refractivity contribution in [3.8, 4) is 11.6 Å². The van der Waals surface area contributed by atoms with Gasteiger partial charge in [-0.3, -0.25) is 4.79 Å². The first-order valence-corrected chi connectivity index (χ1v) is 10.6. The molecule has 2 heterocycles. The lowest BCUT2D eigenvalue weighted by atomic mass is 10.0. The normalized spacial score (nSPS) is 17.4. The van der Waals surface area contributed by atoms with Gasteiger partial charge in [-0.15, -0.1) is 0 Å². The summed E-state index contributed by atoms with van der Waals surface area (Å²) < 4.78 is 44.1. The van der Waals surface area contributed by atoms with Crippen LogP contribution < -0.4 is 10.1 Å². The molecule has 1 fully saturated rings. The van der Waals surface area contributed by atoms with Crippen molar-refractivity contribution in [1.29, 1.82) is 0 Å². The number of carbonyl (C=O) groups is 1. The second-order valence-corrected chi connectivity index (χ2v) is 8.94. The lowest BCUT2D eigenvalue weighted by Gasteiger charge is -2.28. The van der Waals surface area contributed by atoms with E-state index in [0.29, 0.717) is 24.4 Å². The molecule has 0 spiro atoms. The van der Waals surface area contributed by atoms with Gasteiger partial charge in [0.2, 0.25) is 21.8 Å². The summed E-state index contributed by atoms with van der Waals surface area (Å²) in [4.78, 5) is 16.8. The van der Waals surface area contributed by atoms with Crippen LogP contribution in [0.15, 0.2) is 42.6 Å². The van der Waals surface area contributed by atoms with Crippen molar-refractivity contribution >= 4 is 21.6 Å². The molecule has 1 aliphatic heterocycles. The first-order valence-electron chi connectivity index (χ1n) is 8.96. The zero-order chi connectivity index (χ0) is 20.3. The molecule has 28 heavy (non-hydrogen) atoms. The van der Waals surface area contributed by atoms with Crippen molar-refractivity contribution in [2.24, 2.45) is 5.92 Å². The molecule has 1 atom stereocenters. The van der Waals surface area contributed by atoms with E-state index in [1.165, 1.54) is 34.8 Å². The van der Waals surface area contributed by atoms with Gasteiger partial charge >= 0.3 is 0 Å². The summed E-state index contributed by atoms with van der Waals surface area (Å²) in [5, 5.41) is 2.72. The van der Waals surface area contributed by atoms with E-state index in [4.69, 9.17) is 4.74 Å². The Bertz CT molecular complexity index is 931. The molecular weight excluding hydrogens is 385 g/mol. The van der Waals surface area contributed by atoms with Crippen LogP contribution in [0.2, 0.25) is 0 Å². The Morgan fingerprint density at radius 3 is 2.46 bits per heavy atom. The van der Waals surface area contributed by atoms with Gasteiger partial charge in [0.15, 0.2) is 0 Å². The molecule has 9 heteroatoms. The van der Waals surface area contributed by atoms with E-state index >= 15 is 0 Å². The average Bonchev–Trinajstić information content (AvgIpc) is 2.97. The average molecular weight is 407 g/mol. The van der Waals surface area contributed by atoms with Crippen molar-refractivity contribution in [2.75, 3.05) is 17.6 Å². The van der Waals surface area contributed by atoms with Crippen LogP contribution in [0.4, 0.5) is 10.1 Å². The number of nitrogens with zero attached hydrogens (tertiary/aromatic N) is 2. The van der Waals surface area contributed by atoms with Crippen LogP contribution in [-0.2, 0) is 14.8 Å². The quantitative estimate of drug-likeness (QED) is 0.795. The molecule has 1 aromatic heterocycles. The van der Waals surface area contributed by atoms with E-state index in [9.17, 15) is 17.6 Å². The van der Waals surface area contributed by atoms with Gasteiger partial charge in [0.05, 0.1) is 17.6 Å². The highest BCUT2D eigenvalue weighted by Gasteiger charge is 2.39. The van der Waals surface area contributed by atoms with E-state index in [1.54, 1.807) is 12.1 Å². The van der Waals surface area contributed by atoms with Crippen molar-refractivity contribution in [2.45, 2.75) is 26.3 Å². The number of carbonyl (C=O) groups excluding carboxylic acids is 1. The van der Waals surface area contributed by atoms with E-state index in [-0.39, 0.29) is 23.4 Å². The number of nitrogens with one attached hydrogen (secondary N) is 1. The van der Waals surface area contributed by atoms with Crippen LogP contribution in [-0.4, -0.2) is 42.0 Å².